The summed E-state index contributed by atoms with van der Waals surface area (Å²) in [5.74, 6) is 0.598. The van der Waals surface area contributed by atoms with E-state index in [9.17, 15) is 8.42 Å². The Balaban J connectivity index is 2.26. The van der Waals surface area contributed by atoms with Crippen LogP contribution in [0.4, 0.5) is 5.69 Å². The van der Waals surface area contributed by atoms with Crippen molar-refractivity contribution in [3.05, 3.63) is 24.0 Å². The van der Waals surface area contributed by atoms with E-state index in [-0.39, 0.29) is 17.4 Å². The highest BCUT2D eigenvalue weighted by molar-refractivity contribution is 7.91. The molecule has 14 heavy (non-hydrogen) atoms. The average Bonchev–Trinajstić information content (AvgIpc) is 2.46. The zero-order valence-corrected chi connectivity index (χ0v) is 8.50. The van der Waals surface area contributed by atoms with Gasteiger partial charge in [-0.05, 0) is 18.1 Å². The molecule has 0 aliphatic carbocycles. The van der Waals surface area contributed by atoms with Crippen LogP contribution in [0.5, 0.6) is 0 Å². The van der Waals surface area contributed by atoms with Crippen LogP contribution in [0.15, 0.2) is 18.5 Å². The van der Waals surface area contributed by atoms with Crippen LogP contribution in [0.3, 0.4) is 0 Å². The van der Waals surface area contributed by atoms with Gasteiger partial charge in [0.1, 0.15) is 0 Å². The third-order valence-corrected chi connectivity index (χ3v) is 4.25. The molecule has 2 N–H and O–H groups in total. The third kappa shape index (κ3) is 1.87. The number of nitrogens with zero attached hydrogens (tertiary/aromatic N) is 1. The maximum absolute atomic E-state index is 11.2. The Morgan fingerprint density at radius 2 is 2.21 bits per heavy atom. The molecular weight excluding hydrogens is 200 g/mol. The first-order valence-electron chi connectivity index (χ1n) is 4.48. The third-order valence-electron chi connectivity index (χ3n) is 2.48. The van der Waals surface area contributed by atoms with E-state index in [0.717, 1.165) is 5.56 Å². The SMILES string of the molecule is Nc1cncc(C2CCS(=O)(=O)C2)c1. The van der Waals surface area contributed by atoms with Gasteiger partial charge >= 0.3 is 0 Å². The molecule has 1 unspecified atom stereocenters. The highest BCUT2D eigenvalue weighted by atomic mass is 32.2. The molecule has 0 saturated carbocycles. The predicted octanol–water partition coefficient (Wildman–Crippen LogP) is 0.566. The van der Waals surface area contributed by atoms with Crippen molar-refractivity contribution in [2.75, 3.05) is 17.2 Å². The van der Waals surface area contributed by atoms with Gasteiger partial charge in [-0.3, -0.25) is 4.98 Å². The summed E-state index contributed by atoms with van der Waals surface area (Å²) in [4.78, 5) is 3.96. The predicted molar refractivity (Wildman–Crippen MR) is 54.7 cm³/mol. The highest BCUT2D eigenvalue weighted by Gasteiger charge is 2.29. The van der Waals surface area contributed by atoms with Crippen molar-refractivity contribution in [2.45, 2.75) is 12.3 Å². The van der Waals surface area contributed by atoms with Gasteiger partial charge in [0.2, 0.25) is 0 Å². The minimum Gasteiger partial charge on any atom is -0.397 e. The van der Waals surface area contributed by atoms with Crippen molar-refractivity contribution in [3.63, 3.8) is 0 Å². The summed E-state index contributed by atoms with van der Waals surface area (Å²) in [7, 11) is -2.83. The maximum atomic E-state index is 11.2. The van der Waals surface area contributed by atoms with Crippen molar-refractivity contribution in [2.24, 2.45) is 0 Å². The Labute approximate surface area is 83.1 Å². The van der Waals surface area contributed by atoms with Gasteiger partial charge in [-0.1, -0.05) is 0 Å². The normalized spacial score (nSPS) is 25.0. The number of nitrogen functional groups attached to an aromatic ring is 1. The van der Waals surface area contributed by atoms with Crippen LogP contribution in [0.2, 0.25) is 0 Å². The Bertz CT molecular complexity index is 442. The second kappa shape index (κ2) is 3.24. The molecule has 1 aromatic rings. The summed E-state index contributed by atoms with van der Waals surface area (Å²) in [5.41, 5.74) is 7.11. The van der Waals surface area contributed by atoms with Crippen molar-refractivity contribution in [1.82, 2.24) is 4.98 Å². The highest BCUT2D eigenvalue weighted by Crippen LogP contribution is 2.28. The lowest BCUT2D eigenvalue weighted by atomic mass is 10.0. The summed E-state index contributed by atoms with van der Waals surface area (Å²) >= 11 is 0. The summed E-state index contributed by atoms with van der Waals surface area (Å²) in [6, 6.07) is 1.80. The molecule has 1 aliphatic rings. The standard InChI is InChI=1S/C9H12N2O2S/c10-9-3-8(4-11-5-9)7-1-2-14(12,13)6-7/h3-5,7H,1-2,6,10H2. The Kier molecular flexibility index (Phi) is 2.19. The molecule has 0 aromatic carbocycles. The van der Waals surface area contributed by atoms with Gasteiger partial charge in [-0.15, -0.1) is 0 Å². The molecule has 0 radical (unpaired) electrons. The van der Waals surface area contributed by atoms with Gasteiger partial charge in [0.15, 0.2) is 9.84 Å². The van der Waals surface area contributed by atoms with E-state index in [0.29, 0.717) is 12.1 Å². The molecule has 5 heteroatoms. The molecule has 4 nitrogen and oxygen atoms in total. The minimum absolute atomic E-state index is 0.0796. The van der Waals surface area contributed by atoms with Gasteiger partial charge in [0.25, 0.3) is 0 Å². The molecule has 0 amide bonds. The minimum atomic E-state index is -2.83. The fourth-order valence-corrected chi connectivity index (χ4v) is 3.54. The van der Waals surface area contributed by atoms with E-state index in [4.69, 9.17) is 5.73 Å². The lowest BCUT2D eigenvalue weighted by molar-refractivity contribution is 0.601. The molecule has 1 saturated heterocycles. The first kappa shape index (κ1) is 9.45. The van der Waals surface area contributed by atoms with Crippen molar-refractivity contribution in [3.8, 4) is 0 Å². The fraction of sp³-hybridized carbons (Fsp3) is 0.444. The van der Waals surface area contributed by atoms with Crippen LogP contribution in [-0.2, 0) is 9.84 Å². The number of anilines is 1. The smallest absolute Gasteiger partial charge is 0.150 e. The first-order valence-corrected chi connectivity index (χ1v) is 6.30. The zero-order valence-electron chi connectivity index (χ0n) is 7.68. The van der Waals surface area contributed by atoms with E-state index in [1.165, 1.54) is 0 Å². The maximum Gasteiger partial charge on any atom is 0.150 e. The molecule has 1 fully saturated rings. The van der Waals surface area contributed by atoms with Crippen LogP contribution in [0, 0.1) is 0 Å². The lowest BCUT2D eigenvalue weighted by Gasteiger charge is -2.07. The largest absolute Gasteiger partial charge is 0.397 e. The summed E-state index contributed by atoms with van der Waals surface area (Å²) in [6.07, 6.45) is 3.95. The number of pyridine rings is 1. The molecule has 0 spiro atoms. The molecular formula is C9H12N2O2S. The van der Waals surface area contributed by atoms with Crippen molar-refractivity contribution in [1.29, 1.82) is 0 Å². The van der Waals surface area contributed by atoms with Crippen molar-refractivity contribution < 1.29 is 8.42 Å². The number of sulfone groups is 1. The molecule has 1 aliphatic heterocycles. The Morgan fingerprint density at radius 1 is 1.43 bits per heavy atom. The van der Waals surface area contributed by atoms with E-state index in [1.54, 1.807) is 18.5 Å². The number of rotatable bonds is 1. The van der Waals surface area contributed by atoms with E-state index < -0.39 is 9.84 Å². The lowest BCUT2D eigenvalue weighted by Crippen LogP contribution is -2.04. The number of nitrogens with two attached hydrogens (primary N) is 1. The van der Waals surface area contributed by atoms with Crippen LogP contribution in [-0.4, -0.2) is 24.9 Å². The molecule has 1 atom stereocenters. The second-order valence-corrected chi connectivity index (χ2v) is 5.88. The van der Waals surface area contributed by atoms with E-state index >= 15 is 0 Å². The summed E-state index contributed by atoms with van der Waals surface area (Å²) in [5, 5.41) is 0. The summed E-state index contributed by atoms with van der Waals surface area (Å²) in [6.45, 7) is 0. The van der Waals surface area contributed by atoms with Crippen LogP contribution in [0.25, 0.3) is 0 Å². The monoisotopic (exact) mass is 212 g/mol. The zero-order chi connectivity index (χ0) is 10.2. The number of aromatic nitrogens is 1. The molecule has 2 heterocycles. The Hall–Kier alpha value is -1.10. The average molecular weight is 212 g/mol. The van der Waals surface area contributed by atoms with E-state index in [1.807, 2.05) is 0 Å². The number of hydrogen-bond acceptors (Lipinski definition) is 4. The fourth-order valence-electron chi connectivity index (χ4n) is 1.76. The number of hydrogen-bond donors (Lipinski definition) is 1. The molecule has 76 valence electrons. The Morgan fingerprint density at radius 3 is 2.79 bits per heavy atom. The molecule has 0 bridgehead atoms. The quantitative estimate of drug-likeness (QED) is 0.738. The van der Waals surface area contributed by atoms with Crippen molar-refractivity contribution >= 4 is 15.5 Å². The topological polar surface area (TPSA) is 73.0 Å². The second-order valence-electron chi connectivity index (χ2n) is 3.65. The van der Waals surface area contributed by atoms with Crippen LogP contribution in [0.1, 0.15) is 17.9 Å². The summed E-state index contributed by atoms with van der Waals surface area (Å²) < 4.78 is 22.5. The van der Waals surface area contributed by atoms with Gasteiger partial charge in [0.05, 0.1) is 17.2 Å². The van der Waals surface area contributed by atoms with Crippen LogP contribution < -0.4 is 5.73 Å². The van der Waals surface area contributed by atoms with Gasteiger partial charge in [0, 0.05) is 18.3 Å². The van der Waals surface area contributed by atoms with Crippen LogP contribution >= 0.6 is 0 Å². The first-order chi connectivity index (χ1) is 6.57. The molecule has 1 aromatic heterocycles. The van der Waals surface area contributed by atoms with Gasteiger partial charge in [-0.2, -0.15) is 0 Å². The van der Waals surface area contributed by atoms with E-state index in [2.05, 4.69) is 4.98 Å². The van der Waals surface area contributed by atoms with Gasteiger partial charge in [-0.25, -0.2) is 8.42 Å². The molecule has 2 rings (SSSR count). The van der Waals surface area contributed by atoms with Gasteiger partial charge < -0.3 is 5.73 Å².